The maximum absolute atomic E-state index is 11.8. The number of rotatable bonds is 6. The highest BCUT2D eigenvalue weighted by Crippen LogP contribution is 2.17. The van der Waals surface area contributed by atoms with Gasteiger partial charge in [-0.1, -0.05) is 17.8 Å². The fourth-order valence-corrected chi connectivity index (χ4v) is 2.48. The maximum atomic E-state index is 11.8. The molecular weight excluding hydrogens is 312 g/mol. The summed E-state index contributed by atoms with van der Waals surface area (Å²) < 4.78 is 5.15. The van der Waals surface area contributed by atoms with Crippen LogP contribution in [-0.4, -0.2) is 26.8 Å². The van der Waals surface area contributed by atoms with Crippen LogP contribution in [-0.2, 0) is 11.3 Å². The van der Waals surface area contributed by atoms with Crippen molar-refractivity contribution >= 4 is 17.7 Å². The van der Waals surface area contributed by atoms with Gasteiger partial charge in [-0.15, -0.1) is 10.2 Å². The first-order valence-corrected chi connectivity index (χ1v) is 7.97. The minimum Gasteiger partial charge on any atom is -0.467 e. The summed E-state index contributed by atoms with van der Waals surface area (Å²) >= 11 is 1.33. The minimum atomic E-state index is -0.0815. The summed E-state index contributed by atoms with van der Waals surface area (Å²) in [6.45, 7) is 0.386. The molecular formula is C16H14N4O2S. The molecule has 0 spiro atoms. The van der Waals surface area contributed by atoms with Gasteiger partial charge in [0.15, 0.2) is 0 Å². The van der Waals surface area contributed by atoms with Gasteiger partial charge in [0, 0.05) is 6.20 Å². The van der Waals surface area contributed by atoms with E-state index in [1.807, 2.05) is 36.4 Å². The number of hydrogen-bond acceptors (Lipinski definition) is 6. The molecule has 3 heterocycles. The van der Waals surface area contributed by atoms with Gasteiger partial charge in [0.2, 0.25) is 5.91 Å². The van der Waals surface area contributed by atoms with E-state index in [-0.39, 0.29) is 11.7 Å². The van der Waals surface area contributed by atoms with Crippen molar-refractivity contribution in [3.8, 4) is 11.4 Å². The maximum Gasteiger partial charge on any atom is 0.230 e. The molecule has 0 aliphatic carbocycles. The van der Waals surface area contributed by atoms with Crippen LogP contribution in [0.2, 0.25) is 0 Å². The summed E-state index contributed by atoms with van der Waals surface area (Å²) in [5.74, 6) is 0.920. The van der Waals surface area contributed by atoms with Crippen LogP contribution < -0.4 is 5.32 Å². The zero-order valence-corrected chi connectivity index (χ0v) is 13.0. The number of hydrogen-bond donors (Lipinski definition) is 1. The fraction of sp³-hybridized carbons (Fsp3) is 0.125. The second-order valence-corrected chi connectivity index (χ2v) is 5.61. The smallest absolute Gasteiger partial charge is 0.230 e. The van der Waals surface area contributed by atoms with Crippen LogP contribution in [0.5, 0.6) is 0 Å². The summed E-state index contributed by atoms with van der Waals surface area (Å²) in [4.78, 5) is 16.0. The highest BCUT2D eigenvalue weighted by Gasteiger charge is 2.06. The third-order valence-corrected chi connectivity index (χ3v) is 3.88. The first-order valence-electron chi connectivity index (χ1n) is 6.98. The Labute approximate surface area is 137 Å². The zero-order chi connectivity index (χ0) is 15.9. The van der Waals surface area contributed by atoms with Gasteiger partial charge in [-0.05, 0) is 36.4 Å². The quantitative estimate of drug-likeness (QED) is 0.701. The molecule has 0 aromatic carbocycles. The van der Waals surface area contributed by atoms with E-state index in [2.05, 4.69) is 20.5 Å². The van der Waals surface area contributed by atoms with E-state index in [1.54, 1.807) is 18.5 Å². The highest BCUT2D eigenvalue weighted by atomic mass is 32.2. The van der Waals surface area contributed by atoms with Gasteiger partial charge in [0.1, 0.15) is 16.5 Å². The third kappa shape index (κ3) is 4.40. The van der Waals surface area contributed by atoms with Gasteiger partial charge in [-0.25, -0.2) is 0 Å². The van der Waals surface area contributed by atoms with Crippen LogP contribution in [0.1, 0.15) is 5.76 Å². The van der Waals surface area contributed by atoms with Crippen LogP contribution >= 0.6 is 11.8 Å². The molecule has 3 rings (SSSR count). The predicted molar refractivity (Wildman–Crippen MR) is 86.5 cm³/mol. The van der Waals surface area contributed by atoms with Crippen molar-refractivity contribution in [3.05, 3.63) is 60.7 Å². The molecule has 1 N–H and O–H groups in total. The zero-order valence-electron chi connectivity index (χ0n) is 12.2. The van der Waals surface area contributed by atoms with E-state index >= 15 is 0 Å². The number of thioether (sulfide) groups is 1. The number of furan rings is 1. The van der Waals surface area contributed by atoms with E-state index in [0.29, 0.717) is 17.3 Å². The Kier molecular flexibility index (Phi) is 5.00. The van der Waals surface area contributed by atoms with E-state index in [1.165, 1.54) is 11.8 Å². The Balaban J connectivity index is 1.49. The van der Waals surface area contributed by atoms with E-state index in [9.17, 15) is 4.79 Å². The fourth-order valence-electron chi connectivity index (χ4n) is 1.84. The van der Waals surface area contributed by atoms with Crippen molar-refractivity contribution in [1.82, 2.24) is 20.5 Å². The van der Waals surface area contributed by atoms with Crippen LogP contribution in [0.4, 0.5) is 0 Å². The Morgan fingerprint density at radius 1 is 1.09 bits per heavy atom. The lowest BCUT2D eigenvalue weighted by Crippen LogP contribution is -2.24. The lowest BCUT2D eigenvalue weighted by Gasteiger charge is -2.03. The Hall–Kier alpha value is -2.67. The lowest BCUT2D eigenvalue weighted by molar-refractivity contribution is -0.118. The molecule has 0 saturated carbocycles. The Morgan fingerprint density at radius 2 is 2.04 bits per heavy atom. The summed E-state index contributed by atoms with van der Waals surface area (Å²) in [6, 6.07) is 12.9. The number of nitrogens with one attached hydrogen (secondary N) is 1. The Morgan fingerprint density at radius 3 is 2.74 bits per heavy atom. The molecule has 1 amide bonds. The van der Waals surface area contributed by atoms with Crippen molar-refractivity contribution in [2.24, 2.45) is 0 Å². The van der Waals surface area contributed by atoms with Crippen LogP contribution in [0.25, 0.3) is 11.4 Å². The second-order valence-electron chi connectivity index (χ2n) is 4.62. The molecule has 0 fully saturated rings. The largest absolute Gasteiger partial charge is 0.467 e. The van der Waals surface area contributed by atoms with Gasteiger partial charge in [0.05, 0.1) is 24.3 Å². The SMILES string of the molecule is O=C(CSc1ccc(-c2ccccn2)nn1)NCc1ccco1. The van der Waals surface area contributed by atoms with Crippen molar-refractivity contribution in [2.45, 2.75) is 11.6 Å². The average Bonchev–Trinajstić information content (AvgIpc) is 3.13. The summed E-state index contributed by atoms with van der Waals surface area (Å²) in [5.41, 5.74) is 1.48. The van der Waals surface area contributed by atoms with Gasteiger partial charge in [0.25, 0.3) is 0 Å². The summed E-state index contributed by atoms with van der Waals surface area (Å²) in [6.07, 6.45) is 3.29. The first kappa shape index (κ1) is 15.2. The van der Waals surface area contributed by atoms with E-state index < -0.39 is 0 Å². The average molecular weight is 326 g/mol. The van der Waals surface area contributed by atoms with Crippen molar-refractivity contribution in [1.29, 1.82) is 0 Å². The van der Waals surface area contributed by atoms with Gasteiger partial charge >= 0.3 is 0 Å². The lowest BCUT2D eigenvalue weighted by atomic mass is 10.2. The number of carbonyl (C=O) groups excluding carboxylic acids is 1. The van der Waals surface area contributed by atoms with Gasteiger partial charge in [-0.3, -0.25) is 9.78 Å². The standard InChI is InChI=1S/C16H14N4O2S/c21-15(18-10-12-4-3-9-22-12)11-23-16-7-6-14(19-20-16)13-5-1-2-8-17-13/h1-9H,10-11H2,(H,18,21). The topological polar surface area (TPSA) is 80.9 Å². The molecule has 0 aliphatic rings. The molecule has 0 aliphatic heterocycles. The van der Waals surface area contributed by atoms with Crippen molar-refractivity contribution in [2.75, 3.05) is 5.75 Å². The van der Waals surface area contributed by atoms with Crippen LogP contribution in [0, 0.1) is 0 Å². The van der Waals surface area contributed by atoms with E-state index in [4.69, 9.17) is 4.42 Å². The van der Waals surface area contributed by atoms with Crippen molar-refractivity contribution < 1.29 is 9.21 Å². The Bertz CT molecular complexity index is 746. The second kappa shape index (κ2) is 7.55. The predicted octanol–water partition coefficient (Wildman–Crippen LogP) is 2.54. The van der Waals surface area contributed by atoms with Gasteiger partial charge < -0.3 is 9.73 Å². The minimum absolute atomic E-state index is 0.0815. The summed E-state index contributed by atoms with van der Waals surface area (Å²) in [5, 5.41) is 11.7. The molecule has 0 unspecified atom stereocenters. The number of nitrogens with zero attached hydrogens (tertiary/aromatic N) is 3. The number of pyridine rings is 1. The normalized spacial score (nSPS) is 10.4. The first-order chi connectivity index (χ1) is 11.3. The molecule has 116 valence electrons. The molecule has 0 bridgehead atoms. The van der Waals surface area contributed by atoms with Crippen LogP contribution in [0.15, 0.2) is 64.4 Å². The van der Waals surface area contributed by atoms with Gasteiger partial charge in [-0.2, -0.15) is 0 Å². The molecule has 23 heavy (non-hydrogen) atoms. The molecule has 7 heteroatoms. The van der Waals surface area contributed by atoms with E-state index in [0.717, 1.165) is 11.5 Å². The summed E-state index contributed by atoms with van der Waals surface area (Å²) in [7, 11) is 0. The van der Waals surface area contributed by atoms with Crippen LogP contribution in [0.3, 0.4) is 0 Å². The number of aromatic nitrogens is 3. The molecule has 6 nitrogen and oxygen atoms in total. The highest BCUT2D eigenvalue weighted by molar-refractivity contribution is 7.99. The number of amides is 1. The molecule has 0 saturated heterocycles. The van der Waals surface area contributed by atoms with Crippen molar-refractivity contribution in [3.63, 3.8) is 0 Å². The third-order valence-electron chi connectivity index (χ3n) is 2.96. The molecule has 0 radical (unpaired) electrons. The molecule has 3 aromatic rings. The monoisotopic (exact) mass is 326 g/mol. The molecule has 0 atom stereocenters. The number of carbonyl (C=O) groups is 1. The molecule has 3 aromatic heterocycles.